The molecule has 1 rings (SSSR count). The summed E-state index contributed by atoms with van der Waals surface area (Å²) in [5.74, 6) is 0. The lowest BCUT2D eigenvalue weighted by molar-refractivity contribution is -0.0415. The predicted molar refractivity (Wildman–Crippen MR) is 67.6 cm³/mol. The van der Waals surface area contributed by atoms with E-state index in [4.69, 9.17) is 21.6 Å². The first-order chi connectivity index (χ1) is 7.45. The highest BCUT2D eigenvalue weighted by Gasteiger charge is 2.20. The molecule has 0 bridgehead atoms. The van der Waals surface area contributed by atoms with E-state index in [1.807, 2.05) is 6.07 Å². The van der Waals surface area contributed by atoms with E-state index in [0.29, 0.717) is 4.34 Å². The first kappa shape index (κ1) is 13.9. The molecule has 3 nitrogen and oxygen atoms in total. The van der Waals surface area contributed by atoms with E-state index in [1.54, 1.807) is 19.9 Å². The van der Waals surface area contributed by atoms with Gasteiger partial charge in [0.15, 0.2) is 6.10 Å². The lowest BCUT2D eigenvalue weighted by Crippen LogP contribution is -2.24. The number of thiophene rings is 1. The highest BCUT2D eigenvalue weighted by molar-refractivity contribution is 9.10. The van der Waals surface area contributed by atoms with Crippen LogP contribution < -0.4 is 0 Å². The van der Waals surface area contributed by atoms with E-state index in [1.165, 1.54) is 11.3 Å². The molecule has 0 saturated carbocycles. The number of hydrogen-bond acceptors (Lipinski definition) is 4. The van der Waals surface area contributed by atoms with Crippen molar-refractivity contribution in [3.8, 4) is 6.07 Å². The van der Waals surface area contributed by atoms with Crippen molar-refractivity contribution in [3.63, 3.8) is 0 Å². The molecule has 3 unspecified atom stereocenters. The van der Waals surface area contributed by atoms with Crippen LogP contribution in [0.1, 0.15) is 24.8 Å². The number of nitrogens with zero attached hydrogens (tertiary/aromatic N) is 1. The monoisotopic (exact) mass is 323 g/mol. The van der Waals surface area contributed by atoms with Gasteiger partial charge in [-0.05, 0) is 35.8 Å². The van der Waals surface area contributed by atoms with E-state index in [9.17, 15) is 5.11 Å². The first-order valence-electron chi connectivity index (χ1n) is 4.63. The van der Waals surface area contributed by atoms with Crippen LogP contribution in [0.2, 0.25) is 4.34 Å². The number of aliphatic hydroxyl groups excluding tert-OH is 1. The van der Waals surface area contributed by atoms with Gasteiger partial charge in [-0.25, -0.2) is 0 Å². The zero-order valence-electron chi connectivity index (χ0n) is 8.78. The third-order valence-electron chi connectivity index (χ3n) is 2.07. The summed E-state index contributed by atoms with van der Waals surface area (Å²) in [6, 6.07) is 3.80. The maximum Gasteiger partial charge on any atom is 0.178 e. The van der Waals surface area contributed by atoms with Crippen LogP contribution in [0.5, 0.6) is 0 Å². The molecule has 0 radical (unpaired) electrons. The standard InChI is InChI=1S/C10H11BrClNO2S/c1-5(14)6(2)15-8(4-13)9-3-7(11)10(12)16-9/h3,5-6,8,14H,1-2H3. The highest BCUT2D eigenvalue weighted by Crippen LogP contribution is 2.36. The van der Waals surface area contributed by atoms with E-state index < -0.39 is 18.3 Å². The molecular weight excluding hydrogens is 314 g/mol. The van der Waals surface area contributed by atoms with Crippen molar-refractivity contribution in [2.45, 2.75) is 32.2 Å². The molecule has 0 fully saturated rings. The van der Waals surface area contributed by atoms with E-state index >= 15 is 0 Å². The third kappa shape index (κ3) is 3.44. The topological polar surface area (TPSA) is 53.2 Å². The molecule has 0 saturated heterocycles. The van der Waals surface area contributed by atoms with Gasteiger partial charge in [0.05, 0.1) is 17.1 Å². The number of nitriles is 1. The number of aliphatic hydroxyl groups is 1. The van der Waals surface area contributed by atoms with Crippen LogP contribution in [0.4, 0.5) is 0 Å². The minimum atomic E-state index is -0.696. The molecule has 6 heteroatoms. The molecule has 16 heavy (non-hydrogen) atoms. The van der Waals surface area contributed by atoms with Crippen LogP contribution in [0.25, 0.3) is 0 Å². The smallest absolute Gasteiger partial charge is 0.178 e. The Balaban J connectivity index is 2.80. The lowest BCUT2D eigenvalue weighted by Gasteiger charge is -2.18. The Morgan fingerprint density at radius 2 is 2.25 bits per heavy atom. The summed E-state index contributed by atoms with van der Waals surface area (Å²) >= 11 is 10.4. The Morgan fingerprint density at radius 1 is 1.62 bits per heavy atom. The second-order valence-corrected chi connectivity index (χ2v) is 5.90. The Bertz CT molecular complexity index is 383. The van der Waals surface area contributed by atoms with Gasteiger partial charge in [0.25, 0.3) is 0 Å². The van der Waals surface area contributed by atoms with Crippen molar-refractivity contribution in [2.75, 3.05) is 0 Å². The Kier molecular flexibility index (Phi) is 5.22. The van der Waals surface area contributed by atoms with Crippen molar-refractivity contribution >= 4 is 38.9 Å². The Labute approximate surface area is 112 Å². The number of ether oxygens (including phenoxy) is 1. The fraction of sp³-hybridized carbons (Fsp3) is 0.500. The first-order valence-corrected chi connectivity index (χ1v) is 6.62. The second kappa shape index (κ2) is 5.99. The van der Waals surface area contributed by atoms with Crippen molar-refractivity contribution in [1.29, 1.82) is 5.26 Å². The summed E-state index contributed by atoms with van der Waals surface area (Å²) in [5.41, 5.74) is 0. The number of halogens is 2. The zero-order chi connectivity index (χ0) is 12.3. The van der Waals surface area contributed by atoms with Crippen LogP contribution in [0.3, 0.4) is 0 Å². The molecule has 0 spiro atoms. The molecule has 3 atom stereocenters. The van der Waals surface area contributed by atoms with Gasteiger partial charge in [0.2, 0.25) is 0 Å². The minimum Gasteiger partial charge on any atom is -0.391 e. The maximum absolute atomic E-state index is 9.31. The highest BCUT2D eigenvalue weighted by atomic mass is 79.9. The van der Waals surface area contributed by atoms with E-state index in [2.05, 4.69) is 15.9 Å². The molecule has 0 aliphatic heterocycles. The zero-order valence-corrected chi connectivity index (χ0v) is 11.9. The summed E-state index contributed by atoms with van der Waals surface area (Å²) in [5, 5.41) is 18.3. The van der Waals surface area contributed by atoms with Gasteiger partial charge in [0, 0.05) is 4.47 Å². The average Bonchev–Trinajstić information content (AvgIpc) is 2.55. The summed E-state index contributed by atoms with van der Waals surface area (Å²) in [7, 11) is 0. The molecule has 88 valence electrons. The summed E-state index contributed by atoms with van der Waals surface area (Å²) in [6.07, 6.45) is -1.71. The summed E-state index contributed by atoms with van der Waals surface area (Å²) in [6.45, 7) is 3.34. The second-order valence-electron chi connectivity index (χ2n) is 3.36. The lowest BCUT2D eigenvalue weighted by atomic mass is 10.2. The summed E-state index contributed by atoms with van der Waals surface area (Å²) < 4.78 is 6.77. The van der Waals surface area contributed by atoms with Crippen molar-refractivity contribution < 1.29 is 9.84 Å². The van der Waals surface area contributed by atoms with E-state index in [0.717, 1.165) is 9.35 Å². The number of hydrogen-bond donors (Lipinski definition) is 1. The molecule has 0 amide bonds. The number of rotatable bonds is 4. The molecule has 1 aromatic rings. The fourth-order valence-electron chi connectivity index (χ4n) is 0.982. The van der Waals surface area contributed by atoms with Crippen molar-refractivity contribution in [2.24, 2.45) is 0 Å². The van der Waals surface area contributed by atoms with Crippen LogP contribution in [-0.2, 0) is 4.74 Å². The molecule has 0 aliphatic carbocycles. The predicted octanol–water partition coefficient (Wildman–Crippen LogP) is 3.51. The fourth-order valence-corrected chi connectivity index (χ4v) is 2.70. The molecular formula is C10H11BrClNO2S. The van der Waals surface area contributed by atoms with Gasteiger partial charge in [0.1, 0.15) is 10.4 Å². The van der Waals surface area contributed by atoms with Crippen LogP contribution in [0, 0.1) is 11.3 Å². The quantitative estimate of drug-likeness (QED) is 0.922. The third-order valence-corrected chi connectivity index (χ3v) is 4.59. The molecule has 1 heterocycles. The van der Waals surface area contributed by atoms with Crippen LogP contribution in [-0.4, -0.2) is 17.3 Å². The molecule has 0 aromatic carbocycles. The summed E-state index contributed by atoms with van der Waals surface area (Å²) in [4.78, 5) is 0.729. The van der Waals surface area contributed by atoms with Gasteiger partial charge >= 0.3 is 0 Å². The maximum atomic E-state index is 9.31. The van der Waals surface area contributed by atoms with Gasteiger partial charge in [-0.1, -0.05) is 11.6 Å². The molecule has 1 N–H and O–H groups in total. The van der Waals surface area contributed by atoms with Crippen LogP contribution in [0.15, 0.2) is 10.5 Å². The largest absolute Gasteiger partial charge is 0.391 e. The molecule has 0 aliphatic rings. The Hall–Kier alpha value is -0.120. The minimum absolute atomic E-state index is 0.399. The van der Waals surface area contributed by atoms with Gasteiger partial charge < -0.3 is 9.84 Å². The SMILES string of the molecule is CC(O)C(C)OC(C#N)c1cc(Br)c(Cl)s1. The van der Waals surface area contributed by atoms with Crippen molar-refractivity contribution in [3.05, 3.63) is 19.8 Å². The van der Waals surface area contributed by atoms with Crippen LogP contribution >= 0.6 is 38.9 Å². The van der Waals surface area contributed by atoms with Gasteiger partial charge in [-0.2, -0.15) is 5.26 Å². The average molecular weight is 325 g/mol. The Morgan fingerprint density at radius 3 is 2.62 bits per heavy atom. The van der Waals surface area contributed by atoms with E-state index in [-0.39, 0.29) is 0 Å². The van der Waals surface area contributed by atoms with Gasteiger partial charge in [-0.15, -0.1) is 11.3 Å². The van der Waals surface area contributed by atoms with Crippen molar-refractivity contribution in [1.82, 2.24) is 0 Å². The normalized spacial score (nSPS) is 16.5. The molecule has 1 aromatic heterocycles. The van der Waals surface area contributed by atoms with Gasteiger partial charge in [-0.3, -0.25) is 0 Å².